The van der Waals surface area contributed by atoms with Crippen LogP contribution >= 0.6 is 0 Å². The number of aliphatic hydroxyl groups is 1. The van der Waals surface area contributed by atoms with Crippen molar-refractivity contribution in [2.24, 2.45) is 29.4 Å². The molecule has 1 saturated heterocycles. The van der Waals surface area contributed by atoms with Crippen molar-refractivity contribution in [3.8, 4) is 0 Å². The van der Waals surface area contributed by atoms with E-state index in [1.165, 1.54) is 0 Å². The third-order valence-corrected chi connectivity index (χ3v) is 5.37. The molecule has 2 rings (SSSR count). The van der Waals surface area contributed by atoms with Gasteiger partial charge in [0.15, 0.2) is 0 Å². The van der Waals surface area contributed by atoms with Crippen LogP contribution < -0.4 is 5.73 Å². The average Bonchev–Trinajstić information content (AvgIpc) is 2.43. The summed E-state index contributed by atoms with van der Waals surface area (Å²) < 4.78 is 0. The SMILES string of the molecule is CC1CC(C)C(C(=O)N2CCCC(CCO)C2)CC1N. The first-order valence-corrected chi connectivity index (χ1v) is 8.18. The van der Waals surface area contributed by atoms with Gasteiger partial charge in [-0.25, -0.2) is 0 Å². The Bertz CT molecular complexity index is 332. The first-order chi connectivity index (χ1) is 9.52. The van der Waals surface area contributed by atoms with E-state index in [0.717, 1.165) is 45.2 Å². The number of piperidine rings is 1. The van der Waals surface area contributed by atoms with Gasteiger partial charge in [-0.05, 0) is 49.9 Å². The van der Waals surface area contributed by atoms with Gasteiger partial charge in [0, 0.05) is 31.7 Å². The van der Waals surface area contributed by atoms with Gasteiger partial charge in [-0.3, -0.25) is 4.79 Å². The lowest BCUT2D eigenvalue weighted by Gasteiger charge is -2.41. The minimum atomic E-state index is 0.106. The van der Waals surface area contributed by atoms with E-state index in [1.54, 1.807) is 0 Å². The van der Waals surface area contributed by atoms with Gasteiger partial charge in [-0.1, -0.05) is 13.8 Å². The Balaban J connectivity index is 1.96. The first-order valence-electron chi connectivity index (χ1n) is 8.18. The van der Waals surface area contributed by atoms with Crippen molar-refractivity contribution < 1.29 is 9.90 Å². The fourth-order valence-corrected chi connectivity index (χ4v) is 3.95. The quantitative estimate of drug-likeness (QED) is 0.826. The van der Waals surface area contributed by atoms with Crippen LogP contribution in [-0.4, -0.2) is 41.7 Å². The van der Waals surface area contributed by atoms with Gasteiger partial charge in [-0.15, -0.1) is 0 Å². The van der Waals surface area contributed by atoms with Crippen LogP contribution in [0.25, 0.3) is 0 Å². The predicted molar refractivity (Wildman–Crippen MR) is 80.0 cm³/mol. The van der Waals surface area contributed by atoms with Crippen molar-refractivity contribution in [3.63, 3.8) is 0 Å². The number of hydrogen-bond donors (Lipinski definition) is 2. The molecule has 1 heterocycles. The molecule has 0 bridgehead atoms. The molecule has 4 heteroatoms. The van der Waals surface area contributed by atoms with Crippen molar-refractivity contribution in [2.45, 2.75) is 52.0 Å². The third-order valence-electron chi connectivity index (χ3n) is 5.37. The number of rotatable bonds is 3. The molecule has 5 atom stereocenters. The van der Waals surface area contributed by atoms with Gasteiger partial charge < -0.3 is 15.7 Å². The van der Waals surface area contributed by atoms with E-state index in [-0.39, 0.29) is 18.6 Å². The average molecular weight is 282 g/mol. The first kappa shape index (κ1) is 15.8. The van der Waals surface area contributed by atoms with Gasteiger partial charge in [0.05, 0.1) is 0 Å². The second kappa shape index (κ2) is 6.90. The molecule has 3 N–H and O–H groups in total. The second-order valence-electron chi connectivity index (χ2n) is 7.00. The highest BCUT2D eigenvalue weighted by atomic mass is 16.3. The molecule has 1 aliphatic carbocycles. The van der Waals surface area contributed by atoms with Crippen LogP contribution in [0.4, 0.5) is 0 Å². The van der Waals surface area contributed by atoms with Crippen molar-refractivity contribution >= 4 is 5.91 Å². The number of likely N-dealkylation sites (tertiary alicyclic amines) is 1. The molecule has 0 spiro atoms. The summed E-state index contributed by atoms with van der Waals surface area (Å²) in [7, 11) is 0. The van der Waals surface area contributed by atoms with E-state index in [4.69, 9.17) is 10.8 Å². The van der Waals surface area contributed by atoms with Gasteiger partial charge >= 0.3 is 0 Å². The number of carbonyl (C=O) groups excluding carboxylic acids is 1. The normalized spacial score (nSPS) is 38.8. The number of nitrogens with two attached hydrogens (primary N) is 1. The molecule has 2 aliphatic rings. The van der Waals surface area contributed by atoms with Gasteiger partial charge in [0.2, 0.25) is 5.91 Å². The van der Waals surface area contributed by atoms with Crippen LogP contribution in [0.2, 0.25) is 0 Å². The molecule has 0 radical (unpaired) electrons. The Morgan fingerprint density at radius 3 is 2.75 bits per heavy atom. The summed E-state index contributed by atoms with van der Waals surface area (Å²) in [6, 6.07) is 0.165. The molecule has 1 aliphatic heterocycles. The summed E-state index contributed by atoms with van der Waals surface area (Å²) in [5.74, 6) is 1.86. The number of aliphatic hydroxyl groups excluding tert-OH is 1. The van der Waals surface area contributed by atoms with Crippen LogP contribution in [0.15, 0.2) is 0 Å². The van der Waals surface area contributed by atoms with E-state index in [2.05, 4.69) is 13.8 Å². The molecule has 1 amide bonds. The Kier molecular flexibility index (Phi) is 5.44. The Labute approximate surface area is 122 Å². The van der Waals surface area contributed by atoms with Crippen LogP contribution in [0.5, 0.6) is 0 Å². The predicted octanol–water partition coefficient (Wildman–Crippen LogP) is 1.62. The lowest BCUT2D eigenvalue weighted by atomic mass is 9.72. The molecular formula is C16H30N2O2. The second-order valence-corrected chi connectivity index (χ2v) is 7.00. The molecule has 0 aromatic heterocycles. The van der Waals surface area contributed by atoms with Crippen molar-refractivity contribution in [2.75, 3.05) is 19.7 Å². The van der Waals surface area contributed by atoms with E-state index in [0.29, 0.717) is 23.7 Å². The Morgan fingerprint density at radius 2 is 2.05 bits per heavy atom. The van der Waals surface area contributed by atoms with Crippen LogP contribution in [0.3, 0.4) is 0 Å². The Hall–Kier alpha value is -0.610. The topological polar surface area (TPSA) is 66.6 Å². The van der Waals surface area contributed by atoms with Gasteiger partial charge in [-0.2, -0.15) is 0 Å². The largest absolute Gasteiger partial charge is 0.396 e. The van der Waals surface area contributed by atoms with Crippen LogP contribution in [0, 0.1) is 23.7 Å². The zero-order valence-electron chi connectivity index (χ0n) is 12.9. The third kappa shape index (κ3) is 3.53. The van der Waals surface area contributed by atoms with E-state index in [9.17, 15) is 4.79 Å². The summed E-state index contributed by atoms with van der Waals surface area (Å²) in [6.07, 6.45) is 4.93. The molecule has 1 saturated carbocycles. The number of hydrogen-bond acceptors (Lipinski definition) is 3. The number of amides is 1. The zero-order chi connectivity index (χ0) is 14.7. The molecule has 5 unspecified atom stereocenters. The maximum atomic E-state index is 12.8. The van der Waals surface area contributed by atoms with E-state index in [1.807, 2.05) is 4.90 Å². The summed E-state index contributed by atoms with van der Waals surface area (Å²) in [5.41, 5.74) is 6.17. The molecular weight excluding hydrogens is 252 g/mol. The maximum Gasteiger partial charge on any atom is 0.226 e. The minimum Gasteiger partial charge on any atom is -0.396 e. The van der Waals surface area contributed by atoms with E-state index >= 15 is 0 Å². The van der Waals surface area contributed by atoms with Crippen LogP contribution in [0.1, 0.15) is 46.0 Å². The smallest absolute Gasteiger partial charge is 0.226 e. The molecule has 20 heavy (non-hydrogen) atoms. The fraction of sp³-hybridized carbons (Fsp3) is 0.938. The van der Waals surface area contributed by atoms with E-state index < -0.39 is 0 Å². The maximum absolute atomic E-state index is 12.8. The highest BCUT2D eigenvalue weighted by molar-refractivity contribution is 5.79. The van der Waals surface area contributed by atoms with Crippen LogP contribution in [-0.2, 0) is 4.79 Å². The summed E-state index contributed by atoms with van der Waals surface area (Å²) in [5, 5.41) is 9.08. The number of nitrogens with zero attached hydrogens (tertiary/aromatic N) is 1. The zero-order valence-corrected chi connectivity index (χ0v) is 12.9. The highest BCUT2D eigenvalue weighted by Crippen LogP contribution is 2.35. The lowest BCUT2D eigenvalue weighted by Crippen LogP contribution is -2.49. The minimum absolute atomic E-state index is 0.106. The molecule has 2 fully saturated rings. The summed E-state index contributed by atoms with van der Waals surface area (Å²) in [6.45, 7) is 6.33. The monoisotopic (exact) mass is 282 g/mol. The van der Waals surface area contributed by atoms with Crippen molar-refractivity contribution in [1.82, 2.24) is 4.90 Å². The fourth-order valence-electron chi connectivity index (χ4n) is 3.95. The molecule has 0 aromatic rings. The highest BCUT2D eigenvalue weighted by Gasteiger charge is 2.38. The summed E-state index contributed by atoms with van der Waals surface area (Å²) >= 11 is 0. The standard InChI is InChI=1S/C16H30N2O2/c1-11-8-12(2)15(17)9-14(11)16(20)18-6-3-4-13(10-18)5-7-19/h11-15,19H,3-10,17H2,1-2H3. The van der Waals surface area contributed by atoms with Gasteiger partial charge in [0.25, 0.3) is 0 Å². The lowest BCUT2D eigenvalue weighted by molar-refractivity contribution is -0.141. The Morgan fingerprint density at radius 1 is 1.30 bits per heavy atom. The molecule has 4 nitrogen and oxygen atoms in total. The van der Waals surface area contributed by atoms with Crippen molar-refractivity contribution in [3.05, 3.63) is 0 Å². The number of carbonyl (C=O) groups is 1. The summed E-state index contributed by atoms with van der Waals surface area (Å²) in [4.78, 5) is 14.8. The molecule has 0 aromatic carbocycles. The van der Waals surface area contributed by atoms with Gasteiger partial charge in [0.1, 0.15) is 0 Å². The molecule has 116 valence electrons. The van der Waals surface area contributed by atoms with Crippen molar-refractivity contribution in [1.29, 1.82) is 0 Å².